The molecule has 2 atom stereocenters. The lowest BCUT2D eigenvalue weighted by molar-refractivity contribution is 0.136. The van der Waals surface area contributed by atoms with E-state index in [0.717, 1.165) is 12.5 Å². The van der Waals surface area contributed by atoms with E-state index < -0.39 is 17.7 Å². The maximum atomic E-state index is 13.3. The smallest absolute Gasteiger partial charge is 0.129 e. The van der Waals surface area contributed by atoms with E-state index in [1.807, 2.05) is 0 Å². The Morgan fingerprint density at radius 1 is 1.44 bits per heavy atom. The topological polar surface area (TPSA) is 20.2 Å². The molecule has 16 heavy (non-hydrogen) atoms. The lowest BCUT2D eigenvalue weighted by atomic mass is 9.99. The van der Waals surface area contributed by atoms with E-state index >= 15 is 0 Å². The van der Waals surface area contributed by atoms with E-state index in [2.05, 4.69) is 13.8 Å². The van der Waals surface area contributed by atoms with E-state index in [1.54, 1.807) is 0 Å². The van der Waals surface area contributed by atoms with E-state index in [0.29, 0.717) is 5.56 Å². The Balaban J connectivity index is 2.04. The van der Waals surface area contributed by atoms with Crippen molar-refractivity contribution in [1.82, 2.24) is 0 Å². The van der Waals surface area contributed by atoms with Crippen molar-refractivity contribution < 1.29 is 13.9 Å². The van der Waals surface area contributed by atoms with Crippen molar-refractivity contribution in [3.05, 3.63) is 35.4 Å². The van der Waals surface area contributed by atoms with Gasteiger partial charge in [0.15, 0.2) is 0 Å². The van der Waals surface area contributed by atoms with Gasteiger partial charge in [-0.15, -0.1) is 0 Å². The van der Waals surface area contributed by atoms with Crippen LogP contribution in [-0.4, -0.2) is 11.2 Å². The molecule has 88 valence electrons. The third-order valence-corrected chi connectivity index (χ3v) is 3.50. The van der Waals surface area contributed by atoms with Gasteiger partial charge in [-0.05, 0) is 29.4 Å². The van der Waals surface area contributed by atoms with Gasteiger partial charge in [-0.1, -0.05) is 19.9 Å². The number of benzene rings is 1. The number of hydrogen-bond acceptors (Lipinski definition) is 1. The lowest BCUT2D eigenvalue weighted by Gasteiger charge is -2.12. The summed E-state index contributed by atoms with van der Waals surface area (Å²) in [4.78, 5) is 0. The zero-order valence-corrected chi connectivity index (χ0v) is 9.50. The molecule has 0 aliphatic heterocycles. The van der Waals surface area contributed by atoms with E-state index in [4.69, 9.17) is 0 Å². The molecule has 0 spiro atoms. The van der Waals surface area contributed by atoms with Crippen molar-refractivity contribution in [2.24, 2.45) is 11.3 Å². The Bertz CT molecular complexity index is 401. The van der Waals surface area contributed by atoms with Gasteiger partial charge in [-0.25, -0.2) is 8.78 Å². The molecule has 3 heteroatoms. The predicted molar refractivity (Wildman–Crippen MR) is 58.0 cm³/mol. The standard InChI is InChI=1S/C13H16F2O/c1-13(2)7-10(13)12(16)5-8-3-4-9(14)6-11(8)15/h3-4,6,10,12,16H,5,7H2,1-2H3. The van der Waals surface area contributed by atoms with Crippen LogP contribution in [0.25, 0.3) is 0 Å². The highest BCUT2D eigenvalue weighted by Gasteiger charge is 2.49. The first kappa shape index (κ1) is 11.5. The highest BCUT2D eigenvalue weighted by atomic mass is 19.1. The first-order chi connectivity index (χ1) is 7.40. The maximum Gasteiger partial charge on any atom is 0.129 e. The molecular formula is C13H16F2O. The summed E-state index contributed by atoms with van der Waals surface area (Å²) in [7, 11) is 0. The second-order valence-corrected chi connectivity index (χ2v) is 5.31. The zero-order chi connectivity index (χ0) is 11.9. The molecule has 2 rings (SSSR count). The zero-order valence-electron chi connectivity index (χ0n) is 9.50. The molecule has 1 saturated carbocycles. The number of aliphatic hydroxyl groups is 1. The summed E-state index contributed by atoms with van der Waals surface area (Å²) in [5.41, 5.74) is 0.548. The van der Waals surface area contributed by atoms with Gasteiger partial charge < -0.3 is 5.11 Å². The molecule has 0 saturated heterocycles. The molecule has 1 aromatic carbocycles. The van der Waals surface area contributed by atoms with Crippen molar-refractivity contribution in [1.29, 1.82) is 0 Å². The predicted octanol–water partition coefficient (Wildman–Crippen LogP) is 2.91. The lowest BCUT2D eigenvalue weighted by Crippen LogP contribution is -2.17. The Morgan fingerprint density at radius 2 is 2.06 bits per heavy atom. The normalized spacial score (nSPS) is 24.2. The fourth-order valence-corrected chi connectivity index (χ4v) is 2.22. The third kappa shape index (κ3) is 2.24. The van der Waals surface area contributed by atoms with Gasteiger partial charge in [0.05, 0.1) is 6.10 Å². The average molecular weight is 226 g/mol. The molecule has 0 heterocycles. The first-order valence-corrected chi connectivity index (χ1v) is 5.52. The van der Waals surface area contributed by atoms with E-state index in [9.17, 15) is 13.9 Å². The highest BCUT2D eigenvalue weighted by Crippen LogP contribution is 2.54. The summed E-state index contributed by atoms with van der Waals surface area (Å²) in [5, 5.41) is 9.91. The molecule has 1 N–H and O–H groups in total. The van der Waals surface area contributed by atoms with Crippen LogP contribution in [0.2, 0.25) is 0 Å². The SMILES string of the molecule is CC1(C)CC1C(O)Cc1ccc(F)cc1F. The summed E-state index contributed by atoms with van der Waals surface area (Å²) < 4.78 is 26.0. The number of halogens is 2. The molecule has 1 aromatic rings. The van der Waals surface area contributed by atoms with E-state index in [1.165, 1.54) is 12.1 Å². The molecule has 0 aromatic heterocycles. The van der Waals surface area contributed by atoms with Crippen molar-refractivity contribution in [2.45, 2.75) is 32.8 Å². The van der Waals surface area contributed by atoms with Crippen LogP contribution >= 0.6 is 0 Å². The monoisotopic (exact) mass is 226 g/mol. The molecule has 1 aliphatic rings. The minimum absolute atomic E-state index is 0.163. The largest absolute Gasteiger partial charge is 0.392 e. The second kappa shape index (κ2) is 3.81. The Morgan fingerprint density at radius 3 is 2.56 bits per heavy atom. The van der Waals surface area contributed by atoms with Gasteiger partial charge in [0, 0.05) is 12.5 Å². The fourth-order valence-electron chi connectivity index (χ4n) is 2.22. The molecule has 1 nitrogen and oxygen atoms in total. The number of rotatable bonds is 3. The Hall–Kier alpha value is -0.960. The van der Waals surface area contributed by atoms with Gasteiger partial charge in [0.25, 0.3) is 0 Å². The van der Waals surface area contributed by atoms with Crippen LogP contribution in [0.15, 0.2) is 18.2 Å². The second-order valence-electron chi connectivity index (χ2n) is 5.31. The summed E-state index contributed by atoms with van der Waals surface area (Å²) in [5.74, 6) is -0.919. The number of hydrogen-bond donors (Lipinski definition) is 1. The van der Waals surface area contributed by atoms with Crippen LogP contribution in [0.5, 0.6) is 0 Å². The van der Waals surface area contributed by atoms with E-state index in [-0.39, 0.29) is 17.8 Å². The van der Waals surface area contributed by atoms with Gasteiger partial charge in [0.2, 0.25) is 0 Å². The minimum Gasteiger partial charge on any atom is -0.392 e. The minimum atomic E-state index is -0.581. The first-order valence-electron chi connectivity index (χ1n) is 5.52. The van der Waals surface area contributed by atoms with Crippen molar-refractivity contribution >= 4 is 0 Å². The van der Waals surface area contributed by atoms with Crippen LogP contribution in [0.4, 0.5) is 8.78 Å². The Kier molecular flexibility index (Phi) is 2.74. The maximum absolute atomic E-state index is 13.3. The van der Waals surface area contributed by atoms with Gasteiger partial charge in [-0.3, -0.25) is 0 Å². The average Bonchev–Trinajstić information content (AvgIpc) is 2.80. The summed E-state index contributed by atoms with van der Waals surface area (Å²) in [6.07, 6.45) is 0.701. The summed E-state index contributed by atoms with van der Waals surface area (Å²) in [6, 6.07) is 3.49. The summed E-state index contributed by atoms with van der Waals surface area (Å²) >= 11 is 0. The molecule has 1 aliphatic carbocycles. The highest BCUT2D eigenvalue weighted by molar-refractivity contribution is 5.20. The van der Waals surface area contributed by atoms with Crippen molar-refractivity contribution in [3.8, 4) is 0 Å². The van der Waals surface area contributed by atoms with Crippen molar-refractivity contribution in [3.63, 3.8) is 0 Å². The summed E-state index contributed by atoms with van der Waals surface area (Å²) in [6.45, 7) is 4.17. The molecule has 0 radical (unpaired) electrons. The van der Waals surface area contributed by atoms with Crippen LogP contribution in [0, 0.1) is 23.0 Å². The molecular weight excluding hydrogens is 210 g/mol. The van der Waals surface area contributed by atoms with Gasteiger partial charge in [0.1, 0.15) is 11.6 Å². The van der Waals surface area contributed by atoms with Gasteiger partial charge >= 0.3 is 0 Å². The van der Waals surface area contributed by atoms with Crippen LogP contribution < -0.4 is 0 Å². The van der Waals surface area contributed by atoms with Crippen LogP contribution in [-0.2, 0) is 6.42 Å². The van der Waals surface area contributed by atoms with Crippen LogP contribution in [0.3, 0.4) is 0 Å². The Labute approximate surface area is 94.1 Å². The molecule has 0 bridgehead atoms. The van der Waals surface area contributed by atoms with Crippen LogP contribution in [0.1, 0.15) is 25.8 Å². The molecule has 0 amide bonds. The van der Waals surface area contributed by atoms with Gasteiger partial charge in [-0.2, -0.15) is 0 Å². The number of aliphatic hydroxyl groups excluding tert-OH is 1. The third-order valence-electron chi connectivity index (χ3n) is 3.50. The van der Waals surface area contributed by atoms with Crippen molar-refractivity contribution in [2.75, 3.05) is 0 Å². The fraction of sp³-hybridized carbons (Fsp3) is 0.538. The quantitative estimate of drug-likeness (QED) is 0.840. The molecule has 2 unspecified atom stereocenters. The molecule has 1 fully saturated rings.